The summed E-state index contributed by atoms with van der Waals surface area (Å²) < 4.78 is 0. The van der Waals surface area contributed by atoms with Crippen molar-refractivity contribution < 1.29 is 9.90 Å². The molecule has 0 saturated carbocycles. The lowest BCUT2D eigenvalue weighted by molar-refractivity contribution is -0.131. The van der Waals surface area contributed by atoms with Crippen LogP contribution in [0.3, 0.4) is 0 Å². The van der Waals surface area contributed by atoms with Gasteiger partial charge in [0.15, 0.2) is 0 Å². The van der Waals surface area contributed by atoms with Gasteiger partial charge >= 0.3 is 5.97 Å². The smallest absolute Gasteiger partial charge is 0.327 e. The van der Waals surface area contributed by atoms with Crippen molar-refractivity contribution in [2.45, 2.75) is 0 Å². The Hall–Kier alpha value is -1.91. The molecule has 0 amide bonds. The molecule has 0 spiro atoms. The fraction of sp³-hybridized carbons (Fsp3) is 0.154. The quantitative estimate of drug-likeness (QED) is 0.684. The third kappa shape index (κ3) is 7.96. The Bertz CT molecular complexity index is 366. The molecule has 1 aromatic carbocycles. The largest absolute Gasteiger partial charge is 0.478 e. The molecule has 0 atom stereocenters. The van der Waals surface area contributed by atoms with Crippen LogP contribution in [-0.2, 0) is 4.79 Å². The second-order valence-electron chi connectivity index (χ2n) is 3.16. The van der Waals surface area contributed by atoms with E-state index in [9.17, 15) is 4.79 Å². The van der Waals surface area contributed by atoms with Crippen LogP contribution >= 0.6 is 0 Å². The third-order valence-electron chi connectivity index (χ3n) is 1.87. The minimum Gasteiger partial charge on any atom is -0.478 e. The third-order valence-corrected chi connectivity index (χ3v) is 1.87. The van der Waals surface area contributed by atoms with Gasteiger partial charge in [-0.3, -0.25) is 0 Å². The van der Waals surface area contributed by atoms with Crippen LogP contribution in [0.1, 0.15) is 5.56 Å². The average molecular weight is 234 g/mol. The summed E-state index contributed by atoms with van der Waals surface area (Å²) in [6, 6.07) is 10.0. The van der Waals surface area contributed by atoms with E-state index in [1.165, 1.54) is 0 Å². The van der Waals surface area contributed by atoms with Gasteiger partial charge in [0.2, 0.25) is 0 Å². The highest BCUT2D eigenvalue weighted by molar-refractivity contribution is 5.78. The van der Waals surface area contributed by atoms with Gasteiger partial charge in [-0.15, -0.1) is 0 Å². The Kier molecular flexibility index (Phi) is 8.28. The van der Waals surface area contributed by atoms with E-state index in [-0.39, 0.29) is 0 Å². The highest BCUT2D eigenvalue weighted by atomic mass is 16.4. The summed E-state index contributed by atoms with van der Waals surface area (Å²) in [4.78, 5) is 9.25. The predicted molar refractivity (Wildman–Crippen MR) is 70.4 cm³/mol. The van der Waals surface area contributed by atoms with Crippen LogP contribution in [0.5, 0.6) is 0 Å². The highest BCUT2D eigenvalue weighted by Crippen LogP contribution is 2.04. The number of nitrogens with two attached hydrogens (primary N) is 2. The Morgan fingerprint density at radius 2 is 1.71 bits per heavy atom. The molecule has 0 radical (unpaired) electrons. The van der Waals surface area contributed by atoms with Crippen LogP contribution < -0.4 is 11.5 Å². The molecule has 0 aliphatic heterocycles. The maximum atomic E-state index is 9.25. The van der Waals surface area contributed by atoms with Gasteiger partial charge in [-0.1, -0.05) is 43.0 Å². The molecule has 17 heavy (non-hydrogen) atoms. The number of hydrogen-bond acceptors (Lipinski definition) is 3. The minimum atomic E-state index is -0.981. The molecule has 0 heterocycles. The van der Waals surface area contributed by atoms with Crippen molar-refractivity contribution in [3.8, 4) is 0 Å². The summed E-state index contributed by atoms with van der Waals surface area (Å²) in [7, 11) is 0. The Labute approximate surface area is 101 Å². The van der Waals surface area contributed by atoms with E-state index in [4.69, 9.17) is 16.6 Å². The lowest BCUT2D eigenvalue weighted by Gasteiger charge is -1.99. The molecule has 1 aromatic rings. The van der Waals surface area contributed by atoms with Gasteiger partial charge < -0.3 is 16.6 Å². The van der Waals surface area contributed by atoms with Crippen molar-refractivity contribution in [3.05, 3.63) is 54.1 Å². The standard InChI is InChI=1S/C10H14N2.C3H4O2/c11-7-10(8-12)6-9-4-2-1-3-5-9;1-2-3(4)5/h1-6H,7-8,11-12H2;2H,1H2,(H,4,5). The van der Waals surface area contributed by atoms with E-state index in [0.29, 0.717) is 13.1 Å². The molecule has 4 nitrogen and oxygen atoms in total. The summed E-state index contributed by atoms with van der Waals surface area (Å²) >= 11 is 0. The molecule has 4 heteroatoms. The van der Waals surface area contributed by atoms with Gasteiger partial charge in [0.25, 0.3) is 0 Å². The Morgan fingerprint density at radius 3 is 2.06 bits per heavy atom. The Morgan fingerprint density at radius 1 is 1.24 bits per heavy atom. The number of benzene rings is 1. The maximum absolute atomic E-state index is 9.25. The normalized spacial score (nSPS) is 8.59. The number of hydrogen-bond donors (Lipinski definition) is 3. The fourth-order valence-electron chi connectivity index (χ4n) is 0.986. The molecule has 0 aliphatic carbocycles. The van der Waals surface area contributed by atoms with Crippen LogP contribution in [0.2, 0.25) is 0 Å². The molecule has 0 unspecified atom stereocenters. The second-order valence-corrected chi connectivity index (χ2v) is 3.16. The zero-order chi connectivity index (χ0) is 13.1. The summed E-state index contributed by atoms with van der Waals surface area (Å²) in [6.45, 7) is 4.03. The fourth-order valence-corrected chi connectivity index (χ4v) is 0.986. The highest BCUT2D eigenvalue weighted by Gasteiger charge is 1.90. The van der Waals surface area contributed by atoms with Gasteiger partial charge in [0.1, 0.15) is 0 Å². The SMILES string of the molecule is C=CC(=O)O.NCC(=Cc1ccccc1)CN. The van der Waals surface area contributed by atoms with Gasteiger partial charge in [0.05, 0.1) is 0 Å². The molecule has 92 valence electrons. The van der Waals surface area contributed by atoms with Crippen molar-refractivity contribution in [1.29, 1.82) is 0 Å². The van der Waals surface area contributed by atoms with E-state index >= 15 is 0 Å². The van der Waals surface area contributed by atoms with Crippen LogP contribution in [0.25, 0.3) is 6.08 Å². The van der Waals surface area contributed by atoms with E-state index in [1.54, 1.807) is 0 Å². The average Bonchev–Trinajstić information content (AvgIpc) is 2.37. The first-order chi connectivity index (χ1) is 8.13. The molecule has 0 saturated heterocycles. The van der Waals surface area contributed by atoms with E-state index < -0.39 is 5.97 Å². The Balaban J connectivity index is 0.000000437. The number of carboxylic acids is 1. The number of carboxylic acid groups (broad SMARTS) is 1. The van der Waals surface area contributed by atoms with Crippen LogP contribution in [0, 0.1) is 0 Å². The summed E-state index contributed by atoms with van der Waals surface area (Å²) in [5, 5.41) is 7.60. The summed E-state index contributed by atoms with van der Waals surface area (Å²) in [6.07, 6.45) is 2.86. The lowest BCUT2D eigenvalue weighted by atomic mass is 10.1. The molecule has 0 aromatic heterocycles. The maximum Gasteiger partial charge on any atom is 0.327 e. The molecular formula is C13H18N2O2. The van der Waals surface area contributed by atoms with Gasteiger partial charge in [0, 0.05) is 19.2 Å². The number of aliphatic carboxylic acids is 1. The molecule has 1 rings (SSSR count). The van der Waals surface area contributed by atoms with Crippen molar-refractivity contribution in [2.75, 3.05) is 13.1 Å². The van der Waals surface area contributed by atoms with Crippen LogP contribution in [0.15, 0.2) is 48.6 Å². The predicted octanol–water partition coefficient (Wildman–Crippen LogP) is 1.24. The van der Waals surface area contributed by atoms with E-state index in [1.807, 2.05) is 36.4 Å². The summed E-state index contributed by atoms with van der Waals surface area (Å²) in [5.41, 5.74) is 13.2. The van der Waals surface area contributed by atoms with Gasteiger partial charge in [-0.25, -0.2) is 4.79 Å². The first kappa shape index (κ1) is 15.1. The van der Waals surface area contributed by atoms with Crippen molar-refractivity contribution in [3.63, 3.8) is 0 Å². The minimum absolute atomic E-state index is 0.533. The van der Waals surface area contributed by atoms with E-state index in [2.05, 4.69) is 6.58 Å². The lowest BCUT2D eigenvalue weighted by Crippen LogP contribution is -2.12. The molecule has 0 aliphatic rings. The number of carbonyl (C=O) groups is 1. The monoisotopic (exact) mass is 234 g/mol. The van der Waals surface area contributed by atoms with Crippen LogP contribution in [0.4, 0.5) is 0 Å². The van der Waals surface area contributed by atoms with Gasteiger partial charge in [-0.2, -0.15) is 0 Å². The van der Waals surface area contributed by atoms with Gasteiger partial charge in [-0.05, 0) is 11.1 Å². The van der Waals surface area contributed by atoms with Crippen LogP contribution in [-0.4, -0.2) is 24.2 Å². The van der Waals surface area contributed by atoms with Crippen molar-refractivity contribution in [2.24, 2.45) is 11.5 Å². The topological polar surface area (TPSA) is 89.3 Å². The zero-order valence-corrected chi connectivity index (χ0v) is 9.67. The van der Waals surface area contributed by atoms with E-state index in [0.717, 1.165) is 17.2 Å². The molecule has 0 fully saturated rings. The molecular weight excluding hydrogens is 216 g/mol. The van der Waals surface area contributed by atoms with Crippen molar-refractivity contribution >= 4 is 12.0 Å². The first-order valence-corrected chi connectivity index (χ1v) is 5.14. The zero-order valence-electron chi connectivity index (χ0n) is 9.67. The molecule has 5 N–H and O–H groups in total. The first-order valence-electron chi connectivity index (χ1n) is 5.14. The summed E-state index contributed by atoms with van der Waals surface area (Å²) in [5.74, 6) is -0.981. The second kappa shape index (κ2) is 9.33. The number of rotatable bonds is 4. The van der Waals surface area contributed by atoms with Crippen molar-refractivity contribution in [1.82, 2.24) is 0 Å². The molecule has 0 bridgehead atoms.